The van der Waals surface area contributed by atoms with Crippen molar-refractivity contribution in [2.75, 3.05) is 31.6 Å². The van der Waals surface area contributed by atoms with Gasteiger partial charge in [0, 0.05) is 38.6 Å². The van der Waals surface area contributed by atoms with E-state index in [0.717, 1.165) is 36.8 Å². The number of nitrogens with zero attached hydrogens (tertiary/aromatic N) is 4. The summed E-state index contributed by atoms with van der Waals surface area (Å²) in [5.74, 6) is 1.75. The van der Waals surface area contributed by atoms with Crippen LogP contribution >= 0.6 is 0 Å². The van der Waals surface area contributed by atoms with Gasteiger partial charge in [-0.3, -0.25) is 9.88 Å². The van der Waals surface area contributed by atoms with Gasteiger partial charge in [-0.25, -0.2) is 4.98 Å². The molecule has 1 aliphatic rings. The predicted molar refractivity (Wildman–Crippen MR) is 117 cm³/mol. The lowest BCUT2D eigenvalue weighted by Gasteiger charge is -2.29. The molecule has 1 aliphatic heterocycles. The minimum Gasteiger partial charge on any atom is -0.487 e. The van der Waals surface area contributed by atoms with E-state index < -0.39 is 5.60 Å². The summed E-state index contributed by atoms with van der Waals surface area (Å²) in [5, 5.41) is 11.1. The Bertz CT molecular complexity index is 921. The third-order valence-electron chi connectivity index (χ3n) is 5.36. The molecular formula is C24H28N4O2. The number of aliphatic hydroxyl groups is 1. The lowest BCUT2D eigenvalue weighted by atomic mass is 10.0. The third-order valence-corrected chi connectivity index (χ3v) is 5.36. The van der Waals surface area contributed by atoms with Crippen molar-refractivity contribution in [2.24, 2.45) is 0 Å². The average Bonchev–Trinajstić information content (AvgIpc) is 3.16. The van der Waals surface area contributed by atoms with Gasteiger partial charge in [0.1, 0.15) is 18.2 Å². The molecule has 3 aromatic rings. The Morgan fingerprint density at radius 1 is 1.03 bits per heavy atom. The number of pyridine rings is 2. The van der Waals surface area contributed by atoms with E-state index in [2.05, 4.69) is 31.9 Å². The van der Waals surface area contributed by atoms with E-state index in [-0.39, 0.29) is 0 Å². The number of ether oxygens (including phenoxy) is 1. The van der Waals surface area contributed by atoms with Gasteiger partial charge < -0.3 is 14.7 Å². The number of benzene rings is 1. The smallest absolute Gasteiger partial charge is 0.130 e. The number of rotatable bonds is 8. The minimum atomic E-state index is -0.724. The largest absolute Gasteiger partial charge is 0.487 e. The quantitative estimate of drug-likeness (QED) is 0.622. The summed E-state index contributed by atoms with van der Waals surface area (Å²) < 4.78 is 5.80. The van der Waals surface area contributed by atoms with Crippen LogP contribution in [0.15, 0.2) is 73.1 Å². The normalized spacial score (nSPS) is 18.7. The van der Waals surface area contributed by atoms with Crippen molar-refractivity contribution in [3.05, 3.63) is 84.3 Å². The van der Waals surface area contributed by atoms with Crippen molar-refractivity contribution < 1.29 is 9.84 Å². The molecule has 1 fully saturated rings. The summed E-state index contributed by atoms with van der Waals surface area (Å²) in [4.78, 5) is 13.0. The van der Waals surface area contributed by atoms with E-state index in [0.29, 0.717) is 19.7 Å². The molecule has 0 amide bonds. The van der Waals surface area contributed by atoms with Crippen LogP contribution in [0, 0.1) is 0 Å². The molecular weight excluding hydrogens is 376 g/mol. The number of β-amino-alcohol motifs (C(OH)–C–C–N with tert-alkyl or cyclic N) is 1. The van der Waals surface area contributed by atoms with E-state index in [1.807, 2.05) is 55.6 Å². The van der Waals surface area contributed by atoms with Gasteiger partial charge in [-0.05, 0) is 55.4 Å². The molecule has 0 radical (unpaired) electrons. The van der Waals surface area contributed by atoms with Gasteiger partial charge in [0.05, 0.1) is 11.3 Å². The highest BCUT2D eigenvalue weighted by Crippen LogP contribution is 2.26. The fraction of sp³-hybridized carbons (Fsp3) is 0.333. The maximum absolute atomic E-state index is 11.1. The zero-order valence-corrected chi connectivity index (χ0v) is 17.3. The summed E-state index contributed by atoms with van der Waals surface area (Å²) >= 11 is 0. The fourth-order valence-electron chi connectivity index (χ4n) is 3.92. The van der Waals surface area contributed by atoms with E-state index in [1.165, 1.54) is 5.56 Å². The average molecular weight is 405 g/mol. The molecule has 0 saturated carbocycles. The summed E-state index contributed by atoms with van der Waals surface area (Å²) in [7, 11) is 2.05. The summed E-state index contributed by atoms with van der Waals surface area (Å²) in [5.41, 5.74) is 1.37. The van der Waals surface area contributed by atoms with Gasteiger partial charge in [-0.15, -0.1) is 0 Å². The van der Waals surface area contributed by atoms with Crippen molar-refractivity contribution in [3.63, 3.8) is 0 Å². The molecule has 6 nitrogen and oxygen atoms in total. The van der Waals surface area contributed by atoms with E-state index in [4.69, 9.17) is 4.74 Å². The van der Waals surface area contributed by atoms with Gasteiger partial charge >= 0.3 is 0 Å². The van der Waals surface area contributed by atoms with Crippen molar-refractivity contribution in [1.29, 1.82) is 0 Å². The number of aromatic nitrogens is 2. The van der Waals surface area contributed by atoms with Crippen LogP contribution < -0.4 is 9.64 Å². The summed E-state index contributed by atoms with van der Waals surface area (Å²) in [6.45, 7) is 3.28. The van der Waals surface area contributed by atoms with E-state index in [9.17, 15) is 5.11 Å². The number of hydrogen-bond acceptors (Lipinski definition) is 6. The first-order valence-corrected chi connectivity index (χ1v) is 10.3. The van der Waals surface area contributed by atoms with Crippen molar-refractivity contribution >= 4 is 5.82 Å². The highest BCUT2D eigenvalue weighted by Gasteiger charge is 2.37. The SMILES string of the molecule is CN(Cc1ccc(OCc2ccccn2)cc1)CC1(O)CCN(c2ccccn2)C1. The Kier molecular flexibility index (Phi) is 6.26. The zero-order valence-electron chi connectivity index (χ0n) is 17.3. The number of anilines is 1. The summed E-state index contributed by atoms with van der Waals surface area (Å²) in [6, 6.07) is 19.8. The Morgan fingerprint density at radius 3 is 2.50 bits per heavy atom. The van der Waals surface area contributed by atoms with Crippen LogP contribution in [0.5, 0.6) is 5.75 Å². The van der Waals surface area contributed by atoms with Crippen LogP contribution in [0.2, 0.25) is 0 Å². The van der Waals surface area contributed by atoms with Gasteiger partial charge in [0.2, 0.25) is 0 Å². The molecule has 0 spiro atoms. The highest BCUT2D eigenvalue weighted by molar-refractivity contribution is 5.40. The molecule has 1 aromatic carbocycles. The number of hydrogen-bond donors (Lipinski definition) is 1. The maximum Gasteiger partial charge on any atom is 0.130 e. The summed E-state index contributed by atoms with van der Waals surface area (Å²) in [6.07, 6.45) is 4.31. The molecule has 30 heavy (non-hydrogen) atoms. The standard InChI is InChI=1S/C24H28N4O2/c1-27(18-24(29)12-15-28(19-24)23-7-3-5-14-26-23)16-20-8-10-22(11-9-20)30-17-21-6-2-4-13-25-21/h2-11,13-14,29H,12,15-19H2,1H3. The molecule has 0 aliphatic carbocycles. The lowest BCUT2D eigenvalue weighted by Crippen LogP contribution is -2.43. The second kappa shape index (κ2) is 9.24. The highest BCUT2D eigenvalue weighted by atomic mass is 16.5. The van der Waals surface area contributed by atoms with Crippen LogP contribution in [-0.2, 0) is 13.2 Å². The molecule has 0 bridgehead atoms. The minimum absolute atomic E-state index is 0.458. The van der Waals surface area contributed by atoms with Crippen molar-refractivity contribution in [1.82, 2.24) is 14.9 Å². The predicted octanol–water partition coefficient (Wildman–Crippen LogP) is 3.13. The molecule has 1 unspecified atom stereocenters. The molecule has 4 rings (SSSR count). The molecule has 1 N–H and O–H groups in total. The van der Waals surface area contributed by atoms with Crippen molar-refractivity contribution in [2.45, 2.75) is 25.2 Å². The van der Waals surface area contributed by atoms with Crippen molar-refractivity contribution in [3.8, 4) is 5.75 Å². The van der Waals surface area contributed by atoms with Gasteiger partial charge in [0.25, 0.3) is 0 Å². The number of likely N-dealkylation sites (N-methyl/N-ethyl adjacent to an activating group) is 1. The zero-order chi connectivity index (χ0) is 20.8. The van der Waals surface area contributed by atoms with E-state index >= 15 is 0 Å². The Labute approximate surface area is 177 Å². The Balaban J connectivity index is 1.27. The van der Waals surface area contributed by atoms with Crippen LogP contribution in [0.4, 0.5) is 5.82 Å². The first-order valence-electron chi connectivity index (χ1n) is 10.3. The first kappa shape index (κ1) is 20.3. The molecule has 2 aromatic heterocycles. The van der Waals surface area contributed by atoms with Crippen LogP contribution in [-0.4, -0.2) is 52.3 Å². The monoisotopic (exact) mass is 404 g/mol. The molecule has 156 valence electrons. The topological polar surface area (TPSA) is 61.7 Å². The lowest BCUT2D eigenvalue weighted by molar-refractivity contribution is 0.0279. The second-order valence-electron chi connectivity index (χ2n) is 8.01. The fourth-order valence-corrected chi connectivity index (χ4v) is 3.92. The van der Waals surface area contributed by atoms with Crippen LogP contribution in [0.25, 0.3) is 0 Å². The van der Waals surface area contributed by atoms with Crippen LogP contribution in [0.3, 0.4) is 0 Å². The molecule has 3 heterocycles. The van der Waals surface area contributed by atoms with Gasteiger partial charge in [-0.1, -0.05) is 24.3 Å². The Hall–Kier alpha value is -2.96. The third kappa shape index (κ3) is 5.34. The Morgan fingerprint density at radius 2 is 1.80 bits per heavy atom. The van der Waals surface area contributed by atoms with Gasteiger partial charge in [0.15, 0.2) is 0 Å². The maximum atomic E-state index is 11.1. The second-order valence-corrected chi connectivity index (χ2v) is 8.01. The van der Waals surface area contributed by atoms with Gasteiger partial charge in [-0.2, -0.15) is 0 Å². The van der Waals surface area contributed by atoms with E-state index in [1.54, 1.807) is 12.4 Å². The molecule has 1 atom stereocenters. The van der Waals surface area contributed by atoms with Crippen LogP contribution in [0.1, 0.15) is 17.7 Å². The first-order chi connectivity index (χ1) is 14.6. The molecule has 1 saturated heterocycles. The molecule has 6 heteroatoms.